The number of benzene rings is 2. The average molecular weight is 335 g/mol. The second-order valence-electron chi connectivity index (χ2n) is 5.67. The fourth-order valence-electron chi connectivity index (χ4n) is 2.31. The Bertz CT molecular complexity index is 849. The van der Waals surface area contributed by atoms with Crippen LogP contribution in [0.5, 0.6) is 5.75 Å². The molecule has 0 saturated heterocycles. The molecule has 128 valence electrons. The standard InChI is InChI=1S/C19H21N5O/c1-4-25-17-9-7-15(8-10-17)22-19-23-18(12-20-24-19)21-16-6-5-13(2)14(3)11-16/h5-12H,4H2,1-3H3,(H2,21,22,23,24). The second-order valence-corrected chi connectivity index (χ2v) is 5.67. The number of nitrogens with one attached hydrogen (secondary N) is 2. The molecule has 2 aromatic carbocycles. The first-order valence-corrected chi connectivity index (χ1v) is 8.18. The Kier molecular flexibility index (Phi) is 5.09. The average Bonchev–Trinajstić information content (AvgIpc) is 2.61. The van der Waals surface area contributed by atoms with E-state index in [1.165, 1.54) is 11.1 Å². The Morgan fingerprint density at radius 3 is 2.40 bits per heavy atom. The Hall–Kier alpha value is -3.15. The van der Waals surface area contributed by atoms with Gasteiger partial charge < -0.3 is 15.4 Å². The lowest BCUT2D eigenvalue weighted by molar-refractivity contribution is 0.340. The van der Waals surface area contributed by atoms with E-state index in [0.717, 1.165) is 17.1 Å². The number of aryl methyl sites for hydroxylation is 2. The highest BCUT2D eigenvalue weighted by Crippen LogP contribution is 2.20. The van der Waals surface area contributed by atoms with Crippen molar-refractivity contribution in [2.24, 2.45) is 0 Å². The van der Waals surface area contributed by atoms with E-state index in [9.17, 15) is 0 Å². The van der Waals surface area contributed by atoms with Crippen LogP contribution in [0, 0.1) is 13.8 Å². The van der Waals surface area contributed by atoms with Crippen LogP contribution in [0.1, 0.15) is 18.1 Å². The molecule has 25 heavy (non-hydrogen) atoms. The van der Waals surface area contributed by atoms with E-state index in [-0.39, 0.29) is 0 Å². The molecule has 3 aromatic rings. The van der Waals surface area contributed by atoms with Gasteiger partial charge in [-0.15, -0.1) is 5.10 Å². The topological polar surface area (TPSA) is 72.0 Å². The van der Waals surface area contributed by atoms with Crippen molar-refractivity contribution in [1.29, 1.82) is 0 Å². The minimum absolute atomic E-state index is 0.429. The van der Waals surface area contributed by atoms with Gasteiger partial charge in [-0.2, -0.15) is 10.1 Å². The SMILES string of the molecule is CCOc1ccc(Nc2nncc(Nc3ccc(C)c(C)c3)n2)cc1. The van der Waals surface area contributed by atoms with E-state index in [0.29, 0.717) is 18.4 Å². The number of ether oxygens (including phenoxy) is 1. The number of rotatable bonds is 6. The van der Waals surface area contributed by atoms with Crippen molar-refractivity contribution in [2.45, 2.75) is 20.8 Å². The highest BCUT2D eigenvalue weighted by atomic mass is 16.5. The summed E-state index contributed by atoms with van der Waals surface area (Å²) in [5.74, 6) is 1.89. The van der Waals surface area contributed by atoms with Gasteiger partial charge in [0.1, 0.15) is 5.75 Å². The molecule has 0 atom stereocenters. The van der Waals surface area contributed by atoms with Gasteiger partial charge >= 0.3 is 0 Å². The fourth-order valence-corrected chi connectivity index (χ4v) is 2.31. The van der Waals surface area contributed by atoms with Crippen molar-refractivity contribution < 1.29 is 4.74 Å². The van der Waals surface area contributed by atoms with Crippen molar-refractivity contribution >= 4 is 23.1 Å². The summed E-state index contributed by atoms with van der Waals surface area (Å²) >= 11 is 0. The molecular formula is C19H21N5O. The van der Waals surface area contributed by atoms with Gasteiger partial charge in [-0.1, -0.05) is 6.07 Å². The molecule has 1 aromatic heterocycles. The molecule has 2 N–H and O–H groups in total. The summed E-state index contributed by atoms with van der Waals surface area (Å²) in [5.41, 5.74) is 4.31. The summed E-state index contributed by atoms with van der Waals surface area (Å²) in [6.07, 6.45) is 1.60. The summed E-state index contributed by atoms with van der Waals surface area (Å²) in [6.45, 7) is 6.77. The first kappa shape index (κ1) is 16.7. The fraction of sp³-hybridized carbons (Fsp3) is 0.211. The smallest absolute Gasteiger partial charge is 0.249 e. The quantitative estimate of drug-likeness (QED) is 0.697. The molecule has 0 aliphatic heterocycles. The summed E-state index contributed by atoms with van der Waals surface area (Å²) in [4.78, 5) is 4.45. The van der Waals surface area contributed by atoms with E-state index in [4.69, 9.17) is 4.74 Å². The lowest BCUT2D eigenvalue weighted by Crippen LogP contribution is -2.02. The third-order valence-corrected chi connectivity index (χ3v) is 3.76. The van der Waals surface area contributed by atoms with Gasteiger partial charge in [-0.3, -0.25) is 0 Å². The van der Waals surface area contributed by atoms with E-state index in [1.807, 2.05) is 37.3 Å². The molecule has 0 amide bonds. The summed E-state index contributed by atoms with van der Waals surface area (Å²) < 4.78 is 5.43. The molecular weight excluding hydrogens is 314 g/mol. The first-order chi connectivity index (χ1) is 12.1. The van der Waals surface area contributed by atoms with Crippen LogP contribution in [-0.2, 0) is 0 Å². The van der Waals surface area contributed by atoms with Crippen molar-refractivity contribution in [3.05, 3.63) is 59.8 Å². The largest absolute Gasteiger partial charge is 0.494 e. The van der Waals surface area contributed by atoms with Gasteiger partial charge in [-0.25, -0.2) is 0 Å². The summed E-state index contributed by atoms with van der Waals surface area (Å²) in [7, 11) is 0. The number of anilines is 4. The van der Waals surface area contributed by atoms with Gasteiger partial charge in [-0.05, 0) is 68.3 Å². The molecule has 0 aliphatic carbocycles. The van der Waals surface area contributed by atoms with Crippen molar-refractivity contribution in [1.82, 2.24) is 15.2 Å². The van der Waals surface area contributed by atoms with E-state index in [1.54, 1.807) is 6.20 Å². The zero-order chi connectivity index (χ0) is 17.6. The number of hydrogen-bond donors (Lipinski definition) is 2. The summed E-state index contributed by atoms with van der Waals surface area (Å²) in [6, 6.07) is 13.8. The minimum Gasteiger partial charge on any atom is -0.494 e. The minimum atomic E-state index is 0.429. The summed E-state index contributed by atoms with van der Waals surface area (Å²) in [5, 5.41) is 14.4. The maximum absolute atomic E-state index is 5.43. The van der Waals surface area contributed by atoms with Crippen LogP contribution in [0.2, 0.25) is 0 Å². The molecule has 0 spiro atoms. The Balaban J connectivity index is 1.71. The number of nitrogens with zero attached hydrogens (tertiary/aromatic N) is 3. The van der Waals surface area contributed by atoms with Gasteiger partial charge in [0.25, 0.3) is 0 Å². The molecule has 0 bridgehead atoms. The van der Waals surface area contributed by atoms with Crippen LogP contribution in [0.4, 0.5) is 23.1 Å². The number of hydrogen-bond acceptors (Lipinski definition) is 6. The van der Waals surface area contributed by atoms with Crippen molar-refractivity contribution in [2.75, 3.05) is 17.2 Å². The molecule has 3 rings (SSSR count). The third-order valence-electron chi connectivity index (χ3n) is 3.76. The molecule has 6 heteroatoms. The lowest BCUT2D eigenvalue weighted by atomic mass is 10.1. The molecule has 0 radical (unpaired) electrons. The highest BCUT2D eigenvalue weighted by Gasteiger charge is 2.03. The van der Waals surface area contributed by atoms with Gasteiger partial charge in [0.05, 0.1) is 12.8 Å². The maximum atomic E-state index is 5.43. The van der Waals surface area contributed by atoms with E-state index >= 15 is 0 Å². The molecule has 0 saturated carbocycles. The van der Waals surface area contributed by atoms with E-state index in [2.05, 4.69) is 51.8 Å². The van der Waals surface area contributed by atoms with Crippen LogP contribution in [0.25, 0.3) is 0 Å². The highest BCUT2D eigenvalue weighted by molar-refractivity contribution is 5.60. The van der Waals surface area contributed by atoms with Gasteiger partial charge in [0, 0.05) is 11.4 Å². The zero-order valence-corrected chi connectivity index (χ0v) is 14.6. The Labute approximate surface area is 147 Å². The predicted octanol–water partition coefficient (Wildman–Crippen LogP) is 4.37. The van der Waals surface area contributed by atoms with E-state index < -0.39 is 0 Å². The maximum Gasteiger partial charge on any atom is 0.249 e. The molecule has 1 heterocycles. The lowest BCUT2D eigenvalue weighted by Gasteiger charge is -2.09. The second kappa shape index (κ2) is 7.61. The first-order valence-electron chi connectivity index (χ1n) is 8.18. The molecule has 6 nitrogen and oxygen atoms in total. The predicted molar refractivity (Wildman–Crippen MR) is 99.9 cm³/mol. The Morgan fingerprint density at radius 2 is 1.68 bits per heavy atom. The zero-order valence-electron chi connectivity index (χ0n) is 14.6. The van der Waals surface area contributed by atoms with Gasteiger partial charge in [0.2, 0.25) is 5.95 Å². The van der Waals surface area contributed by atoms with Crippen molar-refractivity contribution in [3.63, 3.8) is 0 Å². The van der Waals surface area contributed by atoms with Crippen LogP contribution in [0.3, 0.4) is 0 Å². The Morgan fingerprint density at radius 1 is 0.920 bits per heavy atom. The normalized spacial score (nSPS) is 10.4. The molecule has 0 unspecified atom stereocenters. The van der Waals surface area contributed by atoms with Crippen molar-refractivity contribution in [3.8, 4) is 5.75 Å². The van der Waals surface area contributed by atoms with Gasteiger partial charge in [0.15, 0.2) is 5.82 Å². The monoisotopic (exact) mass is 335 g/mol. The third kappa shape index (κ3) is 4.44. The number of aromatic nitrogens is 3. The molecule has 0 aliphatic rings. The van der Waals surface area contributed by atoms with Crippen LogP contribution in [-0.4, -0.2) is 21.8 Å². The van der Waals surface area contributed by atoms with Crippen LogP contribution >= 0.6 is 0 Å². The van der Waals surface area contributed by atoms with Crippen LogP contribution < -0.4 is 15.4 Å². The van der Waals surface area contributed by atoms with Crippen LogP contribution in [0.15, 0.2) is 48.7 Å². The molecule has 0 fully saturated rings.